The highest BCUT2D eigenvalue weighted by molar-refractivity contribution is 7.15. The zero-order valence-corrected chi connectivity index (χ0v) is 8.37. The van der Waals surface area contributed by atoms with E-state index in [1.807, 2.05) is 5.38 Å². The Morgan fingerprint density at radius 1 is 1.45 bits per heavy atom. The summed E-state index contributed by atoms with van der Waals surface area (Å²) in [7, 11) is 0. The minimum Gasteiger partial charge on any atom is -0.370 e. The van der Waals surface area contributed by atoms with Crippen LogP contribution in [-0.2, 0) is 0 Å². The number of thiophene rings is 1. The fourth-order valence-corrected chi connectivity index (χ4v) is 2.05. The molecule has 1 nitrogen and oxygen atoms in total. The van der Waals surface area contributed by atoms with E-state index >= 15 is 0 Å². The van der Waals surface area contributed by atoms with Crippen LogP contribution >= 0.6 is 22.9 Å². The number of halogens is 1. The molecule has 0 radical (unpaired) electrons. The Morgan fingerprint density at radius 2 is 2.09 bits per heavy atom. The molecule has 0 N–H and O–H groups in total. The van der Waals surface area contributed by atoms with Crippen molar-refractivity contribution in [2.24, 2.45) is 0 Å². The summed E-state index contributed by atoms with van der Waals surface area (Å²) in [5.41, 5.74) is 1.17. The number of hydrogen-bond acceptors (Lipinski definition) is 2. The predicted molar refractivity (Wildman–Crippen MR) is 52.9 cm³/mol. The van der Waals surface area contributed by atoms with Crippen LogP contribution < -0.4 is 4.90 Å². The quantitative estimate of drug-likeness (QED) is 0.706. The van der Waals surface area contributed by atoms with Crippen LogP contribution in [0.2, 0.25) is 4.34 Å². The van der Waals surface area contributed by atoms with Gasteiger partial charge in [-0.05, 0) is 25.3 Å². The number of rotatable bonds is 3. The SMILES string of the molecule is CCN(CC)c1ccsc1Cl. The minimum absolute atomic E-state index is 0.897. The zero-order chi connectivity index (χ0) is 8.27. The van der Waals surface area contributed by atoms with E-state index in [-0.39, 0.29) is 0 Å². The van der Waals surface area contributed by atoms with Gasteiger partial charge in [0.1, 0.15) is 4.34 Å². The molecule has 3 heteroatoms. The lowest BCUT2D eigenvalue weighted by Gasteiger charge is -2.19. The van der Waals surface area contributed by atoms with Gasteiger partial charge in [0.15, 0.2) is 0 Å². The average molecular weight is 190 g/mol. The molecule has 0 saturated heterocycles. The molecule has 0 aromatic carbocycles. The minimum atomic E-state index is 0.897. The van der Waals surface area contributed by atoms with Gasteiger partial charge in [0.05, 0.1) is 5.69 Å². The van der Waals surface area contributed by atoms with Crippen molar-refractivity contribution in [3.8, 4) is 0 Å². The summed E-state index contributed by atoms with van der Waals surface area (Å²) in [6.45, 7) is 6.31. The first-order valence-corrected chi connectivity index (χ1v) is 5.03. The molecular weight excluding hydrogens is 178 g/mol. The molecule has 0 unspecified atom stereocenters. The van der Waals surface area contributed by atoms with E-state index < -0.39 is 0 Å². The smallest absolute Gasteiger partial charge is 0.116 e. The topological polar surface area (TPSA) is 3.24 Å². The summed E-state index contributed by atoms with van der Waals surface area (Å²) >= 11 is 7.56. The molecular formula is C8H12ClNS. The third kappa shape index (κ3) is 1.88. The number of hydrogen-bond donors (Lipinski definition) is 0. The Labute approximate surface area is 76.6 Å². The maximum Gasteiger partial charge on any atom is 0.116 e. The summed E-state index contributed by atoms with van der Waals surface area (Å²) in [5.74, 6) is 0. The maximum absolute atomic E-state index is 5.97. The summed E-state index contributed by atoms with van der Waals surface area (Å²) in [6, 6.07) is 2.07. The Hall–Kier alpha value is -0.210. The van der Waals surface area contributed by atoms with E-state index in [0.29, 0.717) is 0 Å². The Balaban J connectivity index is 2.81. The maximum atomic E-state index is 5.97. The Bertz CT molecular complexity index is 218. The molecule has 11 heavy (non-hydrogen) atoms. The molecule has 0 fully saturated rings. The highest BCUT2D eigenvalue weighted by Crippen LogP contribution is 2.30. The van der Waals surface area contributed by atoms with Crippen LogP contribution in [0, 0.1) is 0 Å². The fraction of sp³-hybridized carbons (Fsp3) is 0.500. The summed E-state index contributed by atoms with van der Waals surface area (Å²) in [6.07, 6.45) is 0. The molecule has 0 spiro atoms. The highest BCUT2D eigenvalue weighted by atomic mass is 35.5. The van der Waals surface area contributed by atoms with Crippen molar-refractivity contribution in [3.63, 3.8) is 0 Å². The van der Waals surface area contributed by atoms with Crippen LogP contribution in [0.3, 0.4) is 0 Å². The van der Waals surface area contributed by atoms with Crippen molar-refractivity contribution in [2.75, 3.05) is 18.0 Å². The second kappa shape index (κ2) is 3.98. The van der Waals surface area contributed by atoms with Crippen LogP contribution in [0.15, 0.2) is 11.4 Å². The van der Waals surface area contributed by atoms with E-state index in [0.717, 1.165) is 17.4 Å². The fourth-order valence-electron chi connectivity index (χ4n) is 1.08. The number of anilines is 1. The first-order valence-electron chi connectivity index (χ1n) is 3.77. The lowest BCUT2D eigenvalue weighted by atomic mass is 10.4. The van der Waals surface area contributed by atoms with E-state index in [2.05, 4.69) is 24.8 Å². The van der Waals surface area contributed by atoms with E-state index in [4.69, 9.17) is 11.6 Å². The monoisotopic (exact) mass is 189 g/mol. The molecule has 0 atom stereocenters. The van der Waals surface area contributed by atoms with Gasteiger partial charge in [0.25, 0.3) is 0 Å². The van der Waals surface area contributed by atoms with Crippen molar-refractivity contribution in [3.05, 3.63) is 15.8 Å². The lowest BCUT2D eigenvalue weighted by molar-refractivity contribution is 0.869. The molecule has 1 aromatic rings. The molecule has 62 valence electrons. The van der Waals surface area contributed by atoms with Gasteiger partial charge in [0.2, 0.25) is 0 Å². The zero-order valence-electron chi connectivity index (χ0n) is 6.80. The Kier molecular flexibility index (Phi) is 3.21. The van der Waals surface area contributed by atoms with Gasteiger partial charge in [-0.15, -0.1) is 11.3 Å². The van der Waals surface area contributed by atoms with Gasteiger partial charge in [0, 0.05) is 13.1 Å². The third-order valence-electron chi connectivity index (χ3n) is 1.70. The highest BCUT2D eigenvalue weighted by Gasteiger charge is 2.06. The molecule has 1 rings (SSSR count). The van der Waals surface area contributed by atoms with Crippen LogP contribution in [0.1, 0.15) is 13.8 Å². The van der Waals surface area contributed by atoms with Crippen molar-refractivity contribution in [2.45, 2.75) is 13.8 Å². The molecule has 1 aromatic heterocycles. The lowest BCUT2D eigenvalue weighted by Crippen LogP contribution is -2.21. The van der Waals surface area contributed by atoms with E-state index in [1.54, 1.807) is 11.3 Å². The summed E-state index contributed by atoms with van der Waals surface area (Å²) in [5, 5.41) is 2.02. The van der Waals surface area contributed by atoms with Crippen molar-refractivity contribution >= 4 is 28.6 Å². The van der Waals surface area contributed by atoms with E-state index in [9.17, 15) is 0 Å². The predicted octanol–water partition coefficient (Wildman–Crippen LogP) is 3.25. The standard InChI is InChI=1S/C8H12ClNS/c1-3-10(4-2)7-5-6-11-8(7)9/h5-6H,3-4H2,1-2H3. The van der Waals surface area contributed by atoms with Gasteiger partial charge in [-0.25, -0.2) is 0 Å². The summed E-state index contributed by atoms with van der Waals surface area (Å²) < 4.78 is 0.897. The first kappa shape index (κ1) is 8.88. The molecule has 0 aliphatic rings. The molecule has 0 aliphatic heterocycles. The largest absolute Gasteiger partial charge is 0.370 e. The van der Waals surface area contributed by atoms with Crippen molar-refractivity contribution in [1.82, 2.24) is 0 Å². The molecule has 0 amide bonds. The second-order valence-electron chi connectivity index (χ2n) is 2.25. The molecule has 1 heterocycles. The summed E-state index contributed by atoms with van der Waals surface area (Å²) in [4.78, 5) is 2.25. The van der Waals surface area contributed by atoms with Crippen LogP contribution in [0.4, 0.5) is 5.69 Å². The Morgan fingerprint density at radius 3 is 2.45 bits per heavy atom. The van der Waals surface area contributed by atoms with Gasteiger partial charge in [-0.2, -0.15) is 0 Å². The normalized spacial score (nSPS) is 10.1. The molecule has 0 saturated carbocycles. The van der Waals surface area contributed by atoms with Gasteiger partial charge < -0.3 is 4.90 Å². The second-order valence-corrected chi connectivity index (χ2v) is 3.77. The average Bonchev–Trinajstić information content (AvgIpc) is 2.40. The van der Waals surface area contributed by atoms with Gasteiger partial charge >= 0.3 is 0 Å². The van der Waals surface area contributed by atoms with Crippen LogP contribution in [0.5, 0.6) is 0 Å². The molecule has 0 bridgehead atoms. The number of nitrogens with zero attached hydrogens (tertiary/aromatic N) is 1. The van der Waals surface area contributed by atoms with Crippen LogP contribution in [-0.4, -0.2) is 13.1 Å². The van der Waals surface area contributed by atoms with Crippen molar-refractivity contribution in [1.29, 1.82) is 0 Å². The van der Waals surface area contributed by atoms with E-state index in [1.165, 1.54) is 5.69 Å². The third-order valence-corrected chi connectivity index (χ3v) is 2.85. The first-order chi connectivity index (χ1) is 5.29. The van der Waals surface area contributed by atoms with Gasteiger partial charge in [-0.1, -0.05) is 11.6 Å². The molecule has 0 aliphatic carbocycles. The van der Waals surface area contributed by atoms with Gasteiger partial charge in [-0.3, -0.25) is 0 Å². The van der Waals surface area contributed by atoms with Crippen LogP contribution in [0.25, 0.3) is 0 Å². The van der Waals surface area contributed by atoms with Crippen molar-refractivity contribution < 1.29 is 0 Å².